The van der Waals surface area contributed by atoms with Gasteiger partial charge in [-0.1, -0.05) is 13.0 Å². The van der Waals surface area contributed by atoms with Crippen LogP contribution in [0.15, 0.2) is 23.6 Å². The van der Waals surface area contributed by atoms with Crippen molar-refractivity contribution in [2.24, 2.45) is 0 Å². The number of amides is 1. The first-order valence-electron chi connectivity index (χ1n) is 7.66. The maximum Gasteiger partial charge on any atom is 0.267 e. The predicted molar refractivity (Wildman–Crippen MR) is 92.5 cm³/mol. The molecule has 0 aliphatic heterocycles. The van der Waals surface area contributed by atoms with Crippen LogP contribution >= 0.6 is 11.3 Å². The third-order valence-corrected chi connectivity index (χ3v) is 4.06. The molecular weight excluding hydrogens is 312 g/mol. The Hall–Kier alpha value is -2.08. The molecule has 1 aromatic heterocycles. The van der Waals surface area contributed by atoms with E-state index in [0.717, 1.165) is 11.3 Å². The Morgan fingerprint density at radius 1 is 1.30 bits per heavy atom. The number of nitrogens with one attached hydrogen (secondary N) is 1. The SMILES string of the molecule is CCOc1cc(C)ccc1O[C@@H](CC)C(=O)Nc1nc(C)cs1. The van der Waals surface area contributed by atoms with Crippen molar-refractivity contribution in [2.75, 3.05) is 11.9 Å². The average molecular weight is 334 g/mol. The van der Waals surface area contributed by atoms with Crippen LogP contribution in [0.25, 0.3) is 0 Å². The fourth-order valence-electron chi connectivity index (χ4n) is 2.05. The maximum atomic E-state index is 12.4. The van der Waals surface area contributed by atoms with E-state index in [1.165, 1.54) is 11.3 Å². The molecule has 6 heteroatoms. The molecule has 0 spiro atoms. The highest BCUT2D eigenvalue weighted by Crippen LogP contribution is 2.30. The lowest BCUT2D eigenvalue weighted by Crippen LogP contribution is -2.32. The summed E-state index contributed by atoms with van der Waals surface area (Å²) >= 11 is 1.40. The fourth-order valence-corrected chi connectivity index (χ4v) is 2.74. The van der Waals surface area contributed by atoms with Crippen molar-refractivity contribution < 1.29 is 14.3 Å². The molecule has 1 atom stereocenters. The van der Waals surface area contributed by atoms with Gasteiger partial charge in [0.2, 0.25) is 0 Å². The zero-order valence-corrected chi connectivity index (χ0v) is 14.7. The number of ether oxygens (including phenoxy) is 2. The van der Waals surface area contributed by atoms with Crippen LogP contribution in [-0.4, -0.2) is 23.6 Å². The Bertz CT molecular complexity index is 670. The number of rotatable bonds is 7. The molecule has 2 rings (SSSR count). The molecule has 0 aliphatic carbocycles. The van der Waals surface area contributed by atoms with E-state index in [-0.39, 0.29) is 5.91 Å². The summed E-state index contributed by atoms with van der Waals surface area (Å²) in [5.41, 5.74) is 1.97. The zero-order chi connectivity index (χ0) is 16.8. The van der Waals surface area contributed by atoms with E-state index >= 15 is 0 Å². The monoisotopic (exact) mass is 334 g/mol. The van der Waals surface area contributed by atoms with Gasteiger partial charge in [-0.15, -0.1) is 11.3 Å². The van der Waals surface area contributed by atoms with Gasteiger partial charge in [-0.2, -0.15) is 0 Å². The lowest BCUT2D eigenvalue weighted by Gasteiger charge is -2.19. The lowest BCUT2D eigenvalue weighted by molar-refractivity contribution is -0.122. The van der Waals surface area contributed by atoms with Crippen LogP contribution in [0, 0.1) is 13.8 Å². The van der Waals surface area contributed by atoms with E-state index in [0.29, 0.717) is 29.7 Å². The molecule has 0 bridgehead atoms. The molecular formula is C17H22N2O3S. The maximum absolute atomic E-state index is 12.4. The molecule has 124 valence electrons. The van der Waals surface area contributed by atoms with Crippen molar-refractivity contribution in [1.29, 1.82) is 0 Å². The summed E-state index contributed by atoms with van der Waals surface area (Å²) in [6.07, 6.45) is -0.0450. The molecule has 5 nitrogen and oxygen atoms in total. The minimum atomic E-state index is -0.596. The molecule has 0 radical (unpaired) electrons. The van der Waals surface area contributed by atoms with Crippen molar-refractivity contribution in [3.63, 3.8) is 0 Å². The van der Waals surface area contributed by atoms with Crippen LogP contribution in [0.4, 0.5) is 5.13 Å². The van der Waals surface area contributed by atoms with Gasteiger partial charge in [-0.25, -0.2) is 4.98 Å². The molecule has 1 aromatic carbocycles. The Labute approximate surface area is 140 Å². The number of thiazole rings is 1. The highest BCUT2D eigenvalue weighted by molar-refractivity contribution is 7.13. The summed E-state index contributed by atoms with van der Waals surface area (Å²) in [5, 5.41) is 5.28. The van der Waals surface area contributed by atoms with E-state index in [1.807, 2.05) is 51.3 Å². The van der Waals surface area contributed by atoms with Gasteiger partial charge >= 0.3 is 0 Å². The normalized spacial score (nSPS) is 11.8. The smallest absolute Gasteiger partial charge is 0.267 e. The van der Waals surface area contributed by atoms with Crippen molar-refractivity contribution in [3.05, 3.63) is 34.8 Å². The average Bonchev–Trinajstić information content (AvgIpc) is 2.92. The van der Waals surface area contributed by atoms with Gasteiger partial charge in [0.25, 0.3) is 5.91 Å². The van der Waals surface area contributed by atoms with Gasteiger partial charge in [-0.3, -0.25) is 10.1 Å². The van der Waals surface area contributed by atoms with Crippen LogP contribution in [0.2, 0.25) is 0 Å². The molecule has 0 saturated carbocycles. The molecule has 0 unspecified atom stereocenters. The highest BCUT2D eigenvalue weighted by atomic mass is 32.1. The van der Waals surface area contributed by atoms with Crippen LogP contribution in [0.3, 0.4) is 0 Å². The van der Waals surface area contributed by atoms with E-state index in [1.54, 1.807) is 0 Å². The molecule has 23 heavy (non-hydrogen) atoms. The molecule has 0 fully saturated rings. The lowest BCUT2D eigenvalue weighted by atomic mass is 10.2. The van der Waals surface area contributed by atoms with Crippen LogP contribution < -0.4 is 14.8 Å². The summed E-state index contributed by atoms with van der Waals surface area (Å²) in [6, 6.07) is 5.68. The number of hydrogen-bond donors (Lipinski definition) is 1. The van der Waals surface area contributed by atoms with Crippen LogP contribution in [0.1, 0.15) is 31.5 Å². The van der Waals surface area contributed by atoms with Crippen molar-refractivity contribution >= 4 is 22.4 Å². The van der Waals surface area contributed by atoms with Gasteiger partial charge in [0.05, 0.1) is 12.3 Å². The minimum Gasteiger partial charge on any atom is -0.490 e. The second kappa shape index (κ2) is 7.97. The largest absolute Gasteiger partial charge is 0.490 e. The zero-order valence-electron chi connectivity index (χ0n) is 13.9. The Morgan fingerprint density at radius 2 is 2.09 bits per heavy atom. The second-order valence-corrected chi connectivity index (χ2v) is 6.04. The number of carbonyl (C=O) groups excluding carboxylic acids is 1. The molecule has 0 aliphatic rings. The van der Waals surface area contributed by atoms with Crippen LogP contribution in [0.5, 0.6) is 11.5 Å². The van der Waals surface area contributed by atoms with Crippen molar-refractivity contribution in [2.45, 2.75) is 40.2 Å². The number of carbonyl (C=O) groups is 1. The first kappa shape index (κ1) is 17.3. The first-order chi connectivity index (χ1) is 11.0. The third kappa shape index (κ3) is 4.69. The van der Waals surface area contributed by atoms with E-state index in [9.17, 15) is 4.79 Å². The summed E-state index contributed by atoms with van der Waals surface area (Å²) < 4.78 is 11.5. The Kier molecular flexibility index (Phi) is 5.98. The number of aromatic nitrogens is 1. The predicted octanol–water partition coefficient (Wildman–Crippen LogP) is 3.95. The minimum absolute atomic E-state index is 0.204. The summed E-state index contributed by atoms with van der Waals surface area (Å²) in [4.78, 5) is 16.6. The van der Waals surface area contributed by atoms with Gasteiger partial charge in [-0.05, 0) is 44.9 Å². The number of aryl methyl sites for hydroxylation is 2. The highest BCUT2D eigenvalue weighted by Gasteiger charge is 2.21. The summed E-state index contributed by atoms with van der Waals surface area (Å²) in [6.45, 7) is 8.25. The van der Waals surface area contributed by atoms with Crippen LogP contribution in [-0.2, 0) is 4.79 Å². The van der Waals surface area contributed by atoms with Gasteiger partial charge in [0, 0.05) is 5.38 Å². The number of hydrogen-bond acceptors (Lipinski definition) is 5. The fraction of sp³-hybridized carbons (Fsp3) is 0.412. The molecule has 1 N–H and O–H groups in total. The number of benzene rings is 1. The quantitative estimate of drug-likeness (QED) is 0.833. The van der Waals surface area contributed by atoms with Crippen molar-refractivity contribution in [1.82, 2.24) is 4.98 Å². The van der Waals surface area contributed by atoms with Gasteiger partial charge in [0.15, 0.2) is 22.7 Å². The van der Waals surface area contributed by atoms with E-state index < -0.39 is 6.10 Å². The molecule has 2 aromatic rings. The number of nitrogens with zero attached hydrogens (tertiary/aromatic N) is 1. The van der Waals surface area contributed by atoms with E-state index in [4.69, 9.17) is 9.47 Å². The van der Waals surface area contributed by atoms with E-state index in [2.05, 4.69) is 10.3 Å². The van der Waals surface area contributed by atoms with Crippen molar-refractivity contribution in [3.8, 4) is 11.5 Å². The topological polar surface area (TPSA) is 60.5 Å². The molecule has 0 saturated heterocycles. The summed E-state index contributed by atoms with van der Waals surface area (Å²) in [7, 11) is 0. The Morgan fingerprint density at radius 3 is 2.70 bits per heavy atom. The third-order valence-electron chi connectivity index (χ3n) is 3.18. The number of anilines is 1. The second-order valence-electron chi connectivity index (χ2n) is 5.18. The standard InChI is InChI=1S/C17H22N2O3S/c1-5-13(16(20)19-17-18-12(4)10-23-17)22-14-8-7-11(3)9-15(14)21-6-2/h7-10,13H,5-6H2,1-4H3,(H,18,19,20)/t13-/m0/s1. The van der Waals surface area contributed by atoms with Gasteiger partial charge < -0.3 is 9.47 Å². The first-order valence-corrected chi connectivity index (χ1v) is 8.54. The summed E-state index contributed by atoms with van der Waals surface area (Å²) in [5.74, 6) is 1.03. The Balaban J connectivity index is 2.10. The van der Waals surface area contributed by atoms with Gasteiger partial charge in [0.1, 0.15) is 0 Å². The molecule has 1 amide bonds. The molecule has 1 heterocycles.